The van der Waals surface area contributed by atoms with Crippen molar-refractivity contribution in [3.05, 3.63) is 40.2 Å². The number of hydrogen-bond acceptors (Lipinski definition) is 5. The molecule has 1 heterocycles. The summed E-state index contributed by atoms with van der Waals surface area (Å²) < 4.78 is 15.5. The minimum absolute atomic E-state index is 0.00548. The molecule has 0 aliphatic carbocycles. The van der Waals surface area contributed by atoms with Gasteiger partial charge in [-0.3, -0.25) is 4.79 Å². The lowest BCUT2D eigenvalue weighted by molar-refractivity contribution is 0.0945. The maximum Gasteiger partial charge on any atom is 0.349 e. The van der Waals surface area contributed by atoms with Gasteiger partial charge >= 0.3 is 5.63 Å². The van der Waals surface area contributed by atoms with Crippen LogP contribution in [0.1, 0.15) is 23.7 Å². The molecule has 0 bridgehead atoms. The van der Waals surface area contributed by atoms with E-state index in [-0.39, 0.29) is 5.56 Å². The van der Waals surface area contributed by atoms with Crippen LogP contribution in [0.15, 0.2) is 33.5 Å². The van der Waals surface area contributed by atoms with Gasteiger partial charge < -0.3 is 19.2 Å². The minimum Gasteiger partial charge on any atom is -0.494 e. The summed E-state index contributed by atoms with van der Waals surface area (Å²) in [6.07, 6.45) is 0.679. The SMILES string of the molecule is CCOc1ccc2cc(C(=O)NCCCOC)c(=O)oc2c1. The van der Waals surface area contributed by atoms with Crippen LogP contribution in [-0.2, 0) is 4.74 Å². The second kappa shape index (κ2) is 7.61. The number of carbonyl (C=O) groups excluding carboxylic acids is 1. The van der Waals surface area contributed by atoms with Gasteiger partial charge in [0.15, 0.2) is 0 Å². The van der Waals surface area contributed by atoms with Gasteiger partial charge in [0.05, 0.1) is 6.61 Å². The van der Waals surface area contributed by atoms with Gasteiger partial charge in [0, 0.05) is 31.7 Å². The zero-order valence-corrected chi connectivity index (χ0v) is 12.7. The molecule has 1 aromatic carbocycles. The standard InChI is InChI=1S/C16H19NO5/c1-3-21-12-6-5-11-9-13(16(19)22-14(11)10-12)15(18)17-7-4-8-20-2/h5-6,9-10H,3-4,7-8H2,1-2H3,(H,17,18). The maximum absolute atomic E-state index is 12.0. The number of fused-ring (bicyclic) bond motifs is 1. The molecule has 22 heavy (non-hydrogen) atoms. The smallest absolute Gasteiger partial charge is 0.349 e. The Morgan fingerprint density at radius 3 is 2.86 bits per heavy atom. The van der Waals surface area contributed by atoms with Crippen LogP contribution in [0.2, 0.25) is 0 Å². The lowest BCUT2D eigenvalue weighted by Gasteiger charge is -2.06. The second-order valence-electron chi connectivity index (χ2n) is 4.68. The number of nitrogens with one attached hydrogen (secondary N) is 1. The van der Waals surface area contributed by atoms with Gasteiger partial charge in [-0.05, 0) is 31.5 Å². The maximum atomic E-state index is 12.0. The van der Waals surface area contributed by atoms with Crippen LogP contribution in [0.5, 0.6) is 5.75 Å². The van der Waals surface area contributed by atoms with Crippen molar-refractivity contribution in [1.29, 1.82) is 0 Å². The molecule has 0 atom stereocenters. The molecular formula is C16H19NO5. The lowest BCUT2D eigenvalue weighted by atomic mass is 10.1. The lowest BCUT2D eigenvalue weighted by Crippen LogP contribution is -2.29. The summed E-state index contributed by atoms with van der Waals surface area (Å²) in [6.45, 7) is 3.38. The largest absolute Gasteiger partial charge is 0.494 e. The number of benzene rings is 1. The molecule has 6 heteroatoms. The zero-order valence-electron chi connectivity index (χ0n) is 12.7. The van der Waals surface area contributed by atoms with Crippen molar-refractivity contribution in [2.45, 2.75) is 13.3 Å². The molecule has 6 nitrogen and oxygen atoms in total. The predicted octanol–water partition coefficient (Wildman–Crippen LogP) is 1.96. The molecule has 0 unspecified atom stereocenters. The first-order chi connectivity index (χ1) is 10.7. The van der Waals surface area contributed by atoms with E-state index in [0.717, 1.165) is 0 Å². The van der Waals surface area contributed by atoms with Crippen molar-refractivity contribution in [2.75, 3.05) is 26.9 Å². The van der Waals surface area contributed by atoms with Crippen molar-refractivity contribution in [3.8, 4) is 5.75 Å². The highest BCUT2D eigenvalue weighted by molar-refractivity contribution is 5.96. The molecule has 0 aliphatic rings. The summed E-state index contributed by atoms with van der Waals surface area (Å²) in [5.41, 5.74) is -0.272. The molecule has 0 aliphatic heterocycles. The van der Waals surface area contributed by atoms with E-state index >= 15 is 0 Å². The molecule has 0 radical (unpaired) electrons. The molecule has 2 aromatic rings. The highest BCUT2D eigenvalue weighted by Crippen LogP contribution is 2.20. The monoisotopic (exact) mass is 305 g/mol. The first-order valence-electron chi connectivity index (χ1n) is 7.13. The van der Waals surface area contributed by atoms with Gasteiger partial charge in [-0.15, -0.1) is 0 Å². The normalized spacial score (nSPS) is 10.6. The van der Waals surface area contributed by atoms with Crippen LogP contribution in [0.3, 0.4) is 0 Å². The van der Waals surface area contributed by atoms with Crippen molar-refractivity contribution >= 4 is 16.9 Å². The molecule has 2 rings (SSSR count). The third-order valence-corrected chi connectivity index (χ3v) is 3.07. The van der Waals surface area contributed by atoms with Gasteiger partial charge in [-0.25, -0.2) is 4.79 Å². The highest BCUT2D eigenvalue weighted by Gasteiger charge is 2.13. The van der Waals surface area contributed by atoms with E-state index in [2.05, 4.69) is 5.32 Å². The highest BCUT2D eigenvalue weighted by atomic mass is 16.5. The number of amides is 1. The Labute approximate surface area is 128 Å². The third kappa shape index (κ3) is 3.85. The molecule has 0 fully saturated rings. The van der Waals surface area contributed by atoms with Gasteiger partial charge in [0.25, 0.3) is 5.91 Å². The molecule has 1 amide bonds. The Morgan fingerprint density at radius 1 is 1.32 bits per heavy atom. The van der Waals surface area contributed by atoms with E-state index in [9.17, 15) is 9.59 Å². The fourth-order valence-electron chi connectivity index (χ4n) is 2.02. The first kappa shape index (κ1) is 16.0. The number of carbonyl (C=O) groups is 1. The average Bonchev–Trinajstić information content (AvgIpc) is 2.51. The molecule has 1 aromatic heterocycles. The van der Waals surface area contributed by atoms with E-state index in [1.807, 2.05) is 6.92 Å². The van der Waals surface area contributed by atoms with Crippen LogP contribution < -0.4 is 15.7 Å². The van der Waals surface area contributed by atoms with Gasteiger partial charge in [0.1, 0.15) is 16.9 Å². The Kier molecular flexibility index (Phi) is 5.55. The summed E-state index contributed by atoms with van der Waals surface area (Å²) in [4.78, 5) is 23.9. The van der Waals surface area contributed by atoms with Crippen LogP contribution >= 0.6 is 0 Å². The number of methoxy groups -OCH3 is 1. The third-order valence-electron chi connectivity index (χ3n) is 3.07. The van der Waals surface area contributed by atoms with Gasteiger partial charge in [-0.1, -0.05) is 0 Å². The second-order valence-corrected chi connectivity index (χ2v) is 4.68. The quantitative estimate of drug-likeness (QED) is 0.625. The van der Waals surface area contributed by atoms with Crippen molar-refractivity contribution in [3.63, 3.8) is 0 Å². The number of hydrogen-bond donors (Lipinski definition) is 1. The summed E-state index contributed by atoms with van der Waals surface area (Å²) in [5.74, 6) is 0.176. The van der Waals surface area contributed by atoms with Crippen LogP contribution in [-0.4, -0.2) is 32.8 Å². The van der Waals surface area contributed by atoms with Crippen LogP contribution in [0.4, 0.5) is 0 Å². The van der Waals surface area contributed by atoms with Crippen molar-refractivity contribution in [1.82, 2.24) is 5.32 Å². The average molecular weight is 305 g/mol. The zero-order chi connectivity index (χ0) is 15.9. The molecule has 1 N–H and O–H groups in total. The Morgan fingerprint density at radius 2 is 2.14 bits per heavy atom. The van der Waals surface area contributed by atoms with Crippen molar-refractivity contribution in [2.24, 2.45) is 0 Å². The fraction of sp³-hybridized carbons (Fsp3) is 0.375. The van der Waals surface area contributed by atoms with E-state index in [1.54, 1.807) is 25.3 Å². The van der Waals surface area contributed by atoms with E-state index < -0.39 is 11.5 Å². The summed E-state index contributed by atoms with van der Waals surface area (Å²) in [6, 6.07) is 6.69. The van der Waals surface area contributed by atoms with Crippen LogP contribution in [0, 0.1) is 0 Å². The molecule has 0 saturated carbocycles. The predicted molar refractivity (Wildman–Crippen MR) is 82.5 cm³/mol. The topological polar surface area (TPSA) is 77.8 Å². The summed E-state index contributed by atoms with van der Waals surface area (Å²) in [7, 11) is 1.59. The van der Waals surface area contributed by atoms with E-state index in [0.29, 0.717) is 42.9 Å². The molecule has 118 valence electrons. The van der Waals surface area contributed by atoms with Gasteiger partial charge in [-0.2, -0.15) is 0 Å². The Balaban J connectivity index is 2.20. The number of ether oxygens (including phenoxy) is 2. The van der Waals surface area contributed by atoms with Gasteiger partial charge in [0.2, 0.25) is 0 Å². The first-order valence-corrected chi connectivity index (χ1v) is 7.13. The summed E-state index contributed by atoms with van der Waals surface area (Å²) >= 11 is 0. The van der Waals surface area contributed by atoms with E-state index in [4.69, 9.17) is 13.9 Å². The van der Waals surface area contributed by atoms with Crippen molar-refractivity contribution < 1.29 is 18.7 Å². The molecule has 0 saturated heterocycles. The van der Waals surface area contributed by atoms with E-state index in [1.165, 1.54) is 6.07 Å². The number of rotatable bonds is 7. The minimum atomic E-state index is -0.662. The Bertz CT molecular complexity index is 707. The fourth-order valence-corrected chi connectivity index (χ4v) is 2.02. The molecule has 0 spiro atoms. The summed E-state index contributed by atoms with van der Waals surface area (Å²) in [5, 5.41) is 3.34. The van der Waals surface area contributed by atoms with Crippen LogP contribution in [0.25, 0.3) is 11.0 Å². The Hall–Kier alpha value is -2.34. The molecular weight excluding hydrogens is 286 g/mol.